The quantitative estimate of drug-likeness (QED) is 0.575. The number of hydrogen-bond donors (Lipinski definition) is 2. The normalized spacial score (nSPS) is 16.0. The lowest BCUT2D eigenvalue weighted by atomic mass is 10.0. The van der Waals surface area contributed by atoms with E-state index in [-0.39, 0.29) is 11.5 Å². The van der Waals surface area contributed by atoms with Crippen molar-refractivity contribution in [2.24, 2.45) is 4.99 Å². The summed E-state index contributed by atoms with van der Waals surface area (Å²) < 4.78 is 28.3. The smallest absolute Gasteiger partial charge is 0.237 e. The van der Waals surface area contributed by atoms with Gasteiger partial charge in [0.2, 0.25) is 5.91 Å². The van der Waals surface area contributed by atoms with Gasteiger partial charge in [-0.25, -0.2) is 8.78 Å². The van der Waals surface area contributed by atoms with E-state index in [2.05, 4.69) is 20.5 Å². The molecule has 27 heavy (non-hydrogen) atoms. The van der Waals surface area contributed by atoms with Crippen molar-refractivity contribution in [3.8, 4) is 0 Å². The maximum atomic E-state index is 14.2. The van der Waals surface area contributed by atoms with Gasteiger partial charge in [-0.05, 0) is 51.3 Å². The summed E-state index contributed by atoms with van der Waals surface area (Å²) in [6, 6.07) is 9.04. The van der Waals surface area contributed by atoms with Gasteiger partial charge < -0.3 is 15.5 Å². The number of nitrogens with one attached hydrogen (secondary N) is 2. The van der Waals surface area contributed by atoms with Crippen molar-refractivity contribution in [1.29, 1.82) is 0 Å². The molecule has 2 N–H and O–H groups in total. The van der Waals surface area contributed by atoms with Crippen LogP contribution in [0, 0.1) is 11.6 Å². The molecule has 1 aliphatic rings. The Hall–Kier alpha value is -2.80. The topological polar surface area (TPSA) is 56.7 Å². The zero-order valence-electron chi connectivity index (χ0n) is 15.3. The highest BCUT2D eigenvalue weighted by molar-refractivity contribution is 6.12. The van der Waals surface area contributed by atoms with E-state index in [1.165, 1.54) is 24.4 Å². The standard InChI is InChI=1S/C20H22F2N4O/c1-26(2)10-4-9-23-17-8-7-13(11-16(17)22)24-12-14-19-15(21)5-3-6-18(19)25-20(14)27/h3,5-8,11-12,14,23H,4,9-10H2,1-2H3,(H,25,27). The molecular weight excluding hydrogens is 350 g/mol. The van der Waals surface area contributed by atoms with Crippen LogP contribution in [0.15, 0.2) is 41.4 Å². The first kappa shape index (κ1) is 19.0. The highest BCUT2D eigenvalue weighted by Gasteiger charge is 2.31. The second kappa shape index (κ2) is 8.26. The SMILES string of the molecule is CN(C)CCCNc1ccc(N=CC2C(=O)Nc3cccc(F)c32)cc1F. The van der Waals surface area contributed by atoms with Gasteiger partial charge in [0.1, 0.15) is 17.6 Å². The number of halogens is 2. The van der Waals surface area contributed by atoms with E-state index in [1.54, 1.807) is 18.2 Å². The highest BCUT2D eigenvalue weighted by Crippen LogP contribution is 2.34. The van der Waals surface area contributed by atoms with Crippen LogP contribution in [0.1, 0.15) is 17.9 Å². The summed E-state index contributed by atoms with van der Waals surface area (Å²) in [5.41, 5.74) is 1.48. The first-order valence-corrected chi connectivity index (χ1v) is 8.77. The van der Waals surface area contributed by atoms with Crippen LogP contribution in [0.2, 0.25) is 0 Å². The Bertz CT molecular complexity index is 867. The van der Waals surface area contributed by atoms with Gasteiger partial charge in [0.05, 0.1) is 11.4 Å². The predicted molar refractivity (Wildman–Crippen MR) is 104 cm³/mol. The number of rotatable bonds is 7. The van der Waals surface area contributed by atoms with E-state index in [0.717, 1.165) is 13.0 Å². The van der Waals surface area contributed by atoms with Gasteiger partial charge in [-0.15, -0.1) is 0 Å². The Labute approximate surface area is 157 Å². The van der Waals surface area contributed by atoms with Crippen LogP contribution >= 0.6 is 0 Å². The molecule has 7 heteroatoms. The van der Waals surface area contributed by atoms with Gasteiger partial charge in [0.15, 0.2) is 0 Å². The molecule has 0 spiro atoms. The second-order valence-electron chi connectivity index (χ2n) is 6.69. The third-order valence-corrected chi connectivity index (χ3v) is 4.33. The molecule has 3 rings (SSSR count). The Kier molecular flexibility index (Phi) is 5.81. The number of benzene rings is 2. The molecule has 1 heterocycles. The van der Waals surface area contributed by atoms with Crippen LogP contribution in [0.3, 0.4) is 0 Å². The lowest BCUT2D eigenvalue weighted by Crippen LogP contribution is -2.16. The van der Waals surface area contributed by atoms with Crippen LogP contribution in [-0.2, 0) is 4.79 Å². The number of fused-ring (bicyclic) bond motifs is 1. The molecule has 0 aliphatic carbocycles. The lowest BCUT2D eigenvalue weighted by molar-refractivity contribution is -0.115. The summed E-state index contributed by atoms with van der Waals surface area (Å²) in [6.07, 6.45) is 2.25. The first-order chi connectivity index (χ1) is 13.0. The molecule has 0 fully saturated rings. The van der Waals surface area contributed by atoms with Crippen molar-refractivity contribution < 1.29 is 13.6 Å². The van der Waals surface area contributed by atoms with Crippen molar-refractivity contribution >= 4 is 29.2 Å². The highest BCUT2D eigenvalue weighted by atomic mass is 19.1. The van der Waals surface area contributed by atoms with Gasteiger partial charge in [-0.3, -0.25) is 9.79 Å². The molecule has 1 unspecified atom stereocenters. The molecule has 0 saturated heterocycles. The minimum absolute atomic E-state index is 0.269. The summed E-state index contributed by atoms with van der Waals surface area (Å²) in [6.45, 7) is 1.58. The fourth-order valence-electron chi connectivity index (χ4n) is 2.95. The molecule has 2 aromatic carbocycles. The Morgan fingerprint density at radius 1 is 1.22 bits per heavy atom. The van der Waals surface area contributed by atoms with Crippen LogP contribution in [0.4, 0.5) is 25.8 Å². The molecule has 142 valence electrons. The van der Waals surface area contributed by atoms with E-state index >= 15 is 0 Å². The van der Waals surface area contributed by atoms with E-state index in [1.807, 2.05) is 14.1 Å². The fraction of sp³-hybridized carbons (Fsp3) is 0.300. The van der Waals surface area contributed by atoms with Gasteiger partial charge in [-0.1, -0.05) is 6.07 Å². The van der Waals surface area contributed by atoms with Crippen LogP contribution < -0.4 is 10.6 Å². The average molecular weight is 372 g/mol. The Balaban J connectivity index is 1.68. The minimum atomic E-state index is -0.826. The molecule has 0 aromatic heterocycles. The van der Waals surface area contributed by atoms with Crippen LogP contribution in [0.5, 0.6) is 0 Å². The van der Waals surface area contributed by atoms with Crippen LogP contribution in [-0.4, -0.2) is 44.2 Å². The number of carbonyl (C=O) groups excluding carboxylic acids is 1. The fourth-order valence-corrected chi connectivity index (χ4v) is 2.95. The summed E-state index contributed by atoms with van der Waals surface area (Å²) >= 11 is 0. The third-order valence-electron chi connectivity index (χ3n) is 4.33. The minimum Gasteiger partial charge on any atom is -0.383 e. The van der Waals surface area contributed by atoms with E-state index in [0.29, 0.717) is 23.6 Å². The Morgan fingerprint density at radius 3 is 2.78 bits per heavy atom. The third kappa shape index (κ3) is 4.49. The first-order valence-electron chi connectivity index (χ1n) is 8.77. The number of nitrogens with zero attached hydrogens (tertiary/aromatic N) is 2. The maximum absolute atomic E-state index is 14.2. The number of carbonyl (C=O) groups is 1. The zero-order chi connectivity index (χ0) is 19.4. The number of hydrogen-bond acceptors (Lipinski definition) is 4. The van der Waals surface area contributed by atoms with Gasteiger partial charge in [0.25, 0.3) is 0 Å². The maximum Gasteiger partial charge on any atom is 0.237 e. The molecule has 0 saturated carbocycles. The average Bonchev–Trinajstić information content (AvgIpc) is 2.94. The van der Waals surface area contributed by atoms with E-state index in [4.69, 9.17) is 0 Å². The lowest BCUT2D eigenvalue weighted by Gasteiger charge is -2.11. The molecule has 1 atom stereocenters. The Morgan fingerprint density at radius 2 is 2.04 bits per heavy atom. The van der Waals surface area contributed by atoms with E-state index < -0.39 is 17.6 Å². The number of anilines is 2. The summed E-state index contributed by atoms with van der Waals surface area (Å²) in [7, 11) is 3.98. The predicted octanol–water partition coefficient (Wildman–Crippen LogP) is 3.77. The van der Waals surface area contributed by atoms with Crippen LogP contribution in [0.25, 0.3) is 0 Å². The van der Waals surface area contributed by atoms with Crippen molar-refractivity contribution in [3.63, 3.8) is 0 Å². The molecule has 0 bridgehead atoms. The molecule has 1 aliphatic heterocycles. The van der Waals surface area contributed by atoms with Gasteiger partial charge >= 0.3 is 0 Å². The van der Waals surface area contributed by atoms with E-state index in [9.17, 15) is 13.6 Å². The van der Waals surface area contributed by atoms with Gasteiger partial charge in [0, 0.05) is 30.1 Å². The van der Waals surface area contributed by atoms with Crippen molar-refractivity contribution in [1.82, 2.24) is 4.90 Å². The zero-order valence-corrected chi connectivity index (χ0v) is 15.3. The second-order valence-corrected chi connectivity index (χ2v) is 6.69. The van der Waals surface area contributed by atoms with Crippen molar-refractivity contribution in [3.05, 3.63) is 53.6 Å². The number of aliphatic imine (C=N–C) groups is 1. The molecule has 1 amide bonds. The summed E-state index contributed by atoms with van der Waals surface area (Å²) in [5.74, 6) is -2.06. The summed E-state index contributed by atoms with van der Waals surface area (Å²) in [4.78, 5) is 18.3. The van der Waals surface area contributed by atoms with Gasteiger partial charge in [-0.2, -0.15) is 0 Å². The van der Waals surface area contributed by atoms with Crippen molar-refractivity contribution in [2.75, 3.05) is 37.8 Å². The molecule has 5 nitrogen and oxygen atoms in total. The number of amides is 1. The molecule has 2 aromatic rings. The van der Waals surface area contributed by atoms with Crippen molar-refractivity contribution in [2.45, 2.75) is 12.3 Å². The molecular formula is C20H22F2N4O. The largest absolute Gasteiger partial charge is 0.383 e. The molecule has 0 radical (unpaired) electrons. The monoisotopic (exact) mass is 372 g/mol. The summed E-state index contributed by atoms with van der Waals surface area (Å²) in [5, 5.41) is 5.68.